The Kier molecular flexibility index (Phi) is 3.41. The van der Waals surface area contributed by atoms with E-state index in [4.69, 9.17) is 10.5 Å². The van der Waals surface area contributed by atoms with Crippen LogP contribution < -0.4 is 10.5 Å². The number of aromatic nitrogens is 1. The van der Waals surface area contributed by atoms with Crippen LogP contribution in [0.2, 0.25) is 0 Å². The number of likely N-dealkylation sites (N-methyl/N-ethyl adjacent to an activating group) is 1. The molecule has 2 unspecified atom stereocenters. The van der Waals surface area contributed by atoms with Crippen LogP contribution in [-0.4, -0.2) is 36.1 Å². The van der Waals surface area contributed by atoms with Gasteiger partial charge in [0.1, 0.15) is 0 Å². The Hall–Kier alpha value is -1.13. The Bertz CT molecular complexity index is 356. The molecule has 88 valence electrons. The van der Waals surface area contributed by atoms with E-state index in [1.165, 1.54) is 0 Å². The summed E-state index contributed by atoms with van der Waals surface area (Å²) in [7, 11) is 1.64. The van der Waals surface area contributed by atoms with Crippen molar-refractivity contribution in [1.82, 2.24) is 9.88 Å². The lowest BCUT2D eigenvalue weighted by Gasteiger charge is -2.24. The molecule has 2 N–H and O–H groups in total. The van der Waals surface area contributed by atoms with Crippen LogP contribution in [0.4, 0.5) is 0 Å². The van der Waals surface area contributed by atoms with Crippen LogP contribution in [0.1, 0.15) is 25.1 Å². The third-order valence-corrected chi connectivity index (χ3v) is 3.21. The molecule has 1 aromatic rings. The van der Waals surface area contributed by atoms with Gasteiger partial charge in [-0.25, -0.2) is 4.98 Å². The van der Waals surface area contributed by atoms with Crippen LogP contribution in [-0.2, 0) is 0 Å². The van der Waals surface area contributed by atoms with Gasteiger partial charge in [-0.05, 0) is 19.0 Å². The number of rotatable bonds is 3. The molecule has 4 nitrogen and oxygen atoms in total. The zero-order valence-corrected chi connectivity index (χ0v) is 9.89. The SMILES string of the molecule is CCN1CCC(N)C1c1cccc(OC)n1. The molecule has 1 aliphatic heterocycles. The molecule has 16 heavy (non-hydrogen) atoms. The van der Waals surface area contributed by atoms with Gasteiger partial charge in [0.15, 0.2) is 0 Å². The molecule has 1 aliphatic rings. The normalized spacial score (nSPS) is 25.9. The topological polar surface area (TPSA) is 51.4 Å². The predicted octanol–water partition coefficient (Wildman–Crippen LogP) is 1.18. The summed E-state index contributed by atoms with van der Waals surface area (Å²) < 4.78 is 5.15. The molecule has 2 atom stereocenters. The van der Waals surface area contributed by atoms with Gasteiger partial charge in [0.2, 0.25) is 5.88 Å². The van der Waals surface area contributed by atoms with E-state index in [0.717, 1.165) is 25.2 Å². The minimum Gasteiger partial charge on any atom is -0.481 e. The second-order valence-electron chi connectivity index (χ2n) is 4.13. The second kappa shape index (κ2) is 4.80. The van der Waals surface area contributed by atoms with Crippen LogP contribution in [0, 0.1) is 0 Å². The van der Waals surface area contributed by atoms with E-state index in [2.05, 4.69) is 16.8 Å². The third-order valence-electron chi connectivity index (χ3n) is 3.21. The molecule has 0 spiro atoms. The molecule has 0 bridgehead atoms. The van der Waals surface area contributed by atoms with Gasteiger partial charge in [-0.15, -0.1) is 0 Å². The molecule has 0 radical (unpaired) electrons. The highest BCUT2D eigenvalue weighted by Crippen LogP contribution is 2.30. The summed E-state index contributed by atoms with van der Waals surface area (Å²) in [6, 6.07) is 6.28. The van der Waals surface area contributed by atoms with Crippen molar-refractivity contribution < 1.29 is 4.74 Å². The number of nitrogens with two attached hydrogens (primary N) is 1. The van der Waals surface area contributed by atoms with Crippen molar-refractivity contribution in [2.24, 2.45) is 5.73 Å². The highest BCUT2D eigenvalue weighted by Gasteiger charge is 2.32. The molecule has 2 heterocycles. The fourth-order valence-corrected chi connectivity index (χ4v) is 2.35. The zero-order chi connectivity index (χ0) is 11.5. The fraction of sp³-hybridized carbons (Fsp3) is 0.583. The van der Waals surface area contributed by atoms with Gasteiger partial charge in [-0.2, -0.15) is 0 Å². The average molecular weight is 221 g/mol. The minimum absolute atomic E-state index is 0.180. The van der Waals surface area contributed by atoms with Crippen LogP contribution in [0.3, 0.4) is 0 Å². The number of likely N-dealkylation sites (tertiary alicyclic amines) is 1. The third kappa shape index (κ3) is 2.03. The maximum absolute atomic E-state index is 6.15. The van der Waals surface area contributed by atoms with Crippen molar-refractivity contribution in [2.45, 2.75) is 25.4 Å². The Morgan fingerprint density at radius 2 is 2.38 bits per heavy atom. The highest BCUT2D eigenvalue weighted by atomic mass is 16.5. The predicted molar refractivity (Wildman–Crippen MR) is 63.4 cm³/mol. The van der Waals surface area contributed by atoms with Crippen LogP contribution in [0.15, 0.2) is 18.2 Å². The summed E-state index contributed by atoms with van der Waals surface area (Å²) in [5, 5.41) is 0. The second-order valence-corrected chi connectivity index (χ2v) is 4.13. The summed E-state index contributed by atoms with van der Waals surface area (Å²) in [4.78, 5) is 6.85. The fourth-order valence-electron chi connectivity index (χ4n) is 2.35. The first-order chi connectivity index (χ1) is 7.76. The quantitative estimate of drug-likeness (QED) is 0.833. The first-order valence-corrected chi connectivity index (χ1v) is 5.76. The average Bonchev–Trinajstić information content (AvgIpc) is 2.70. The van der Waals surface area contributed by atoms with E-state index in [1.54, 1.807) is 7.11 Å². The van der Waals surface area contributed by atoms with Gasteiger partial charge < -0.3 is 10.5 Å². The van der Waals surface area contributed by atoms with Crippen molar-refractivity contribution in [3.05, 3.63) is 23.9 Å². The Labute approximate surface area is 96.4 Å². The van der Waals surface area contributed by atoms with Gasteiger partial charge >= 0.3 is 0 Å². The number of hydrogen-bond acceptors (Lipinski definition) is 4. The molecule has 1 fully saturated rings. The molecule has 0 aromatic carbocycles. The smallest absolute Gasteiger partial charge is 0.213 e. The number of pyridine rings is 1. The van der Waals surface area contributed by atoms with Crippen molar-refractivity contribution in [3.63, 3.8) is 0 Å². The molecule has 1 aromatic heterocycles. The summed E-state index contributed by atoms with van der Waals surface area (Å²) in [5.74, 6) is 0.660. The van der Waals surface area contributed by atoms with Gasteiger partial charge in [-0.3, -0.25) is 4.90 Å². The first-order valence-electron chi connectivity index (χ1n) is 5.76. The zero-order valence-electron chi connectivity index (χ0n) is 9.89. The molecule has 2 rings (SSSR count). The highest BCUT2D eigenvalue weighted by molar-refractivity contribution is 5.20. The Morgan fingerprint density at radius 1 is 1.56 bits per heavy atom. The van der Waals surface area contributed by atoms with Crippen molar-refractivity contribution in [3.8, 4) is 5.88 Å². The lowest BCUT2D eigenvalue weighted by Crippen LogP contribution is -2.32. The lowest BCUT2D eigenvalue weighted by molar-refractivity contribution is 0.254. The van der Waals surface area contributed by atoms with E-state index < -0.39 is 0 Å². The molecule has 1 saturated heterocycles. The molecule has 0 saturated carbocycles. The summed E-state index contributed by atoms with van der Waals surface area (Å²) in [6.07, 6.45) is 1.04. The summed E-state index contributed by atoms with van der Waals surface area (Å²) in [6.45, 7) is 4.23. The van der Waals surface area contributed by atoms with Crippen LogP contribution in [0.25, 0.3) is 0 Å². The minimum atomic E-state index is 0.180. The van der Waals surface area contributed by atoms with Crippen LogP contribution in [0.5, 0.6) is 5.88 Å². The first kappa shape index (κ1) is 11.4. The largest absolute Gasteiger partial charge is 0.481 e. The Balaban J connectivity index is 2.27. The van der Waals surface area contributed by atoms with Gasteiger partial charge in [-0.1, -0.05) is 13.0 Å². The van der Waals surface area contributed by atoms with E-state index in [-0.39, 0.29) is 12.1 Å². The maximum atomic E-state index is 6.15. The number of methoxy groups -OCH3 is 1. The molecular formula is C12H19N3O. The van der Waals surface area contributed by atoms with Crippen molar-refractivity contribution in [1.29, 1.82) is 0 Å². The molecule has 0 amide bonds. The standard InChI is InChI=1S/C12H19N3O/c1-3-15-8-7-9(13)12(15)10-5-4-6-11(14-10)16-2/h4-6,9,12H,3,7-8,13H2,1-2H3. The molecule has 4 heteroatoms. The van der Waals surface area contributed by atoms with Crippen molar-refractivity contribution in [2.75, 3.05) is 20.2 Å². The van der Waals surface area contributed by atoms with E-state index in [1.807, 2.05) is 18.2 Å². The van der Waals surface area contributed by atoms with Crippen LogP contribution >= 0.6 is 0 Å². The number of hydrogen-bond donors (Lipinski definition) is 1. The number of nitrogens with zero attached hydrogens (tertiary/aromatic N) is 2. The molecular weight excluding hydrogens is 202 g/mol. The van der Waals surface area contributed by atoms with Gasteiger partial charge in [0.05, 0.1) is 18.8 Å². The summed E-state index contributed by atoms with van der Waals surface area (Å²) >= 11 is 0. The van der Waals surface area contributed by atoms with Crippen molar-refractivity contribution >= 4 is 0 Å². The van der Waals surface area contributed by atoms with Gasteiger partial charge in [0.25, 0.3) is 0 Å². The monoisotopic (exact) mass is 221 g/mol. The maximum Gasteiger partial charge on any atom is 0.213 e. The lowest BCUT2D eigenvalue weighted by atomic mass is 10.1. The van der Waals surface area contributed by atoms with E-state index >= 15 is 0 Å². The van der Waals surface area contributed by atoms with E-state index in [0.29, 0.717) is 5.88 Å². The molecule has 0 aliphatic carbocycles. The van der Waals surface area contributed by atoms with E-state index in [9.17, 15) is 0 Å². The Morgan fingerprint density at radius 3 is 3.06 bits per heavy atom. The van der Waals surface area contributed by atoms with Gasteiger partial charge in [0, 0.05) is 18.7 Å². The summed E-state index contributed by atoms with van der Waals surface area (Å²) in [5.41, 5.74) is 7.17. The number of ether oxygens (including phenoxy) is 1.